The van der Waals surface area contributed by atoms with Gasteiger partial charge in [0.1, 0.15) is 0 Å². The van der Waals surface area contributed by atoms with Crippen LogP contribution < -0.4 is 5.32 Å². The summed E-state index contributed by atoms with van der Waals surface area (Å²) in [5, 5.41) is 8.16. The molecule has 0 amide bonds. The maximum atomic E-state index is 6.07. The number of thiophene rings is 1. The molecule has 112 valence electrons. The lowest BCUT2D eigenvalue weighted by atomic mass is 9.79. The van der Waals surface area contributed by atoms with Crippen LogP contribution in [0.15, 0.2) is 16.8 Å². The molecule has 0 bridgehead atoms. The van der Waals surface area contributed by atoms with Gasteiger partial charge in [-0.05, 0) is 54.1 Å². The molecule has 1 N–H and O–H groups in total. The van der Waals surface area contributed by atoms with Crippen LogP contribution >= 0.6 is 11.3 Å². The van der Waals surface area contributed by atoms with Gasteiger partial charge in [-0.3, -0.25) is 0 Å². The summed E-state index contributed by atoms with van der Waals surface area (Å²) in [6, 6.07) is 2.82. The van der Waals surface area contributed by atoms with E-state index in [2.05, 4.69) is 29.1 Å². The van der Waals surface area contributed by atoms with Crippen molar-refractivity contribution in [1.82, 2.24) is 5.32 Å². The predicted octanol–water partition coefficient (Wildman–Crippen LogP) is 2.85. The smallest absolute Gasteiger partial charge is 0.0939 e. The maximum absolute atomic E-state index is 6.07. The van der Waals surface area contributed by atoms with Crippen molar-refractivity contribution in [3.8, 4) is 0 Å². The Hall–Kier alpha value is -0.420. The van der Waals surface area contributed by atoms with Crippen LogP contribution in [0.4, 0.5) is 0 Å². The van der Waals surface area contributed by atoms with Crippen LogP contribution in [-0.2, 0) is 15.9 Å². The van der Waals surface area contributed by atoms with Gasteiger partial charge in [-0.25, -0.2) is 0 Å². The third-order valence-electron chi connectivity index (χ3n) is 4.67. The van der Waals surface area contributed by atoms with Crippen molar-refractivity contribution in [1.29, 1.82) is 0 Å². The van der Waals surface area contributed by atoms with E-state index in [-0.39, 0.29) is 5.60 Å². The van der Waals surface area contributed by atoms with E-state index >= 15 is 0 Å². The fraction of sp³-hybridized carbons (Fsp3) is 0.750. The second-order valence-corrected chi connectivity index (χ2v) is 6.87. The number of likely N-dealkylation sites (N-methyl/N-ethyl adjacent to an activating group) is 1. The lowest BCUT2D eigenvalue weighted by Crippen LogP contribution is -2.48. The van der Waals surface area contributed by atoms with Crippen molar-refractivity contribution in [3.63, 3.8) is 0 Å². The summed E-state index contributed by atoms with van der Waals surface area (Å²) in [6.45, 7) is 5.79. The highest BCUT2D eigenvalue weighted by Gasteiger charge is 2.42. The molecule has 3 heterocycles. The molecule has 2 aliphatic heterocycles. The van der Waals surface area contributed by atoms with Gasteiger partial charge in [0.05, 0.1) is 12.2 Å². The molecule has 3 nitrogen and oxygen atoms in total. The van der Waals surface area contributed by atoms with E-state index in [1.807, 2.05) is 0 Å². The molecule has 3 unspecified atom stereocenters. The lowest BCUT2D eigenvalue weighted by molar-refractivity contribution is -0.103. The van der Waals surface area contributed by atoms with Gasteiger partial charge in [-0.15, -0.1) is 0 Å². The Labute approximate surface area is 125 Å². The van der Waals surface area contributed by atoms with Crippen LogP contribution in [0, 0.1) is 5.92 Å². The third-order valence-corrected chi connectivity index (χ3v) is 5.40. The Morgan fingerprint density at radius 1 is 1.50 bits per heavy atom. The molecule has 3 rings (SSSR count). The number of hydrogen-bond donors (Lipinski definition) is 1. The second kappa shape index (κ2) is 6.56. The Balaban J connectivity index is 1.66. The molecule has 2 fully saturated rings. The SMILES string of the molecule is CCNC(Cc1ccsc1)C1CCOC2(CCOC2)C1. The zero-order valence-electron chi connectivity index (χ0n) is 12.3. The van der Waals surface area contributed by atoms with Gasteiger partial charge >= 0.3 is 0 Å². The maximum Gasteiger partial charge on any atom is 0.0939 e. The van der Waals surface area contributed by atoms with E-state index in [1.165, 1.54) is 12.0 Å². The fourth-order valence-corrected chi connectivity index (χ4v) is 4.28. The number of nitrogens with one attached hydrogen (secondary N) is 1. The number of hydrogen-bond acceptors (Lipinski definition) is 4. The summed E-state index contributed by atoms with van der Waals surface area (Å²) in [6.07, 6.45) is 4.53. The molecule has 1 spiro atoms. The van der Waals surface area contributed by atoms with E-state index in [0.717, 1.165) is 45.6 Å². The van der Waals surface area contributed by atoms with Crippen molar-refractivity contribution in [2.75, 3.05) is 26.4 Å². The molecule has 0 radical (unpaired) electrons. The summed E-state index contributed by atoms with van der Waals surface area (Å²) in [5.41, 5.74) is 1.48. The topological polar surface area (TPSA) is 30.5 Å². The van der Waals surface area contributed by atoms with E-state index in [1.54, 1.807) is 11.3 Å². The standard InChI is InChI=1S/C16H25NO2S/c1-2-17-15(9-13-4-8-20-11-13)14-3-6-19-16(10-14)5-7-18-12-16/h4,8,11,14-15,17H,2-3,5-7,9-10,12H2,1H3. The van der Waals surface area contributed by atoms with Crippen LogP contribution in [-0.4, -0.2) is 38.0 Å². The van der Waals surface area contributed by atoms with Crippen molar-refractivity contribution < 1.29 is 9.47 Å². The molecule has 4 heteroatoms. The van der Waals surface area contributed by atoms with Gasteiger partial charge in [-0.1, -0.05) is 6.92 Å². The van der Waals surface area contributed by atoms with Gasteiger partial charge in [0.2, 0.25) is 0 Å². The van der Waals surface area contributed by atoms with Crippen LogP contribution in [0.1, 0.15) is 31.7 Å². The van der Waals surface area contributed by atoms with Gasteiger partial charge in [0.15, 0.2) is 0 Å². The first-order valence-electron chi connectivity index (χ1n) is 7.77. The Morgan fingerprint density at radius 3 is 3.15 bits per heavy atom. The first kappa shape index (κ1) is 14.5. The Bertz CT molecular complexity index is 401. The number of rotatable bonds is 5. The van der Waals surface area contributed by atoms with E-state index in [9.17, 15) is 0 Å². The number of ether oxygens (including phenoxy) is 2. The van der Waals surface area contributed by atoms with Gasteiger partial charge in [0, 0.05) is 25.7 Å². The molecule has 3 atom stereocenters. The third kappa shape index (κ3) is 3.25. The molecule has 2 aliphatic rings. The van der Waals surface area contributed by atoms with Gasteiger partial charge < -0.3 is 14.8 Å². The zero-order chi connectivity index (χ0) is 13.8. The monoisotopic (exact) mass is 295 g/mol. The lowest BCUT2D eigenvalue weighted by Gasteiger charge is -2.40. The summed E-state index contributed by atoms with van der Waals surface area (Å²) in [5.74, 6) is 0.699. The average molecular weight is 295 g/mol. The highest BCUT2D eigenvalue weighted by Crippen LogP contribution is 2.37. The highest BCUT2D eigenvalue weighted by atomic mass is 32.1. The molecule has 0 aromatic carbocycles. The summed E-state index contributed by atoms with van der Waals surface area (Å²) >= 11 is 1.79. The molecule has 20 heavy (non-hydrogen) atoms. The average Bonchev–Trinajstić information content (AvgIpc) is 3.11. The Kier molecular flexibility index (Phi) is 4.76. The fourth-order valence-electron chi connectivity index (χ4n) is 3.60. The predicted molar refractivity (Wildman–Crippen MR) is 82.3 cm³/mol. The van der Waals surface area contributed by atoms with Crippen molar-refractivity contribution in [2.24, 2.45) is 5.92 Å². The van der Waals surface area contributed by atoms with E-state index < -0.39 is 0 Å². The van der Waals surface area contributed by atoms with E-state index in [0.29, 0.717) is 12.0 Å². The summed E-state index contributed by atoms with van der Waals surface area (Å²) in [7, 11) is 0. The highest BCUT2D eigenvalue weighted by molar-refractivity contribution is 7.07. The van der Waals surface area contributed by atoms with Gasteiger partial charge in [0.25, 0.3) is 0 Å². The van der Waals surface area contributed by atoms with Crippen LogP contribution in [0.25, 0.3) is 0 Å². The molecule has 0 saturated carbocycles. The zero-order valence-corrected chi connectivity index (χ0v) is 13.1. The van der Waals surface area contributed by atoms with Crippen molar-refractivity contribution >= 4 is 11.3 Å². The van der Waals surface area contributed by atoms with Crippen LogP contribution in [0.3, 0.4) is 0 Å². The Morgan fingerprint density at radius 2 is 2.45 bits per heavy atom. The molecule has 0 aliphatic carbocycles. The molecular formula is C16H25NO2S. The largest absolute Gasteiger partial charge is 0.378 e. The van der Waals surface area contributed by atoms with Crippen molar-refractivity contribution in [2.45, 2.75) is 44.2 Å². The first-order chi connectivity index (χ1) is 9.81. The first-order valence-corrected chi connectivity index (χ1v) is 8.72. The second-order valence-electron chi connectivity index (χ2n) is 6.09. The minimum atomic E-state index is 0.0191. The minimum Gasteiger partial charge on any atom is -0.378 e. The normalized spacial score (nSPS) is 31.8. The summed E-state index contributed by atoms with van der Waals surface area (Å²) in [4.78, 5) is 0. The van der Waals surface area contributed by atoms with Crippen LogP contribution in [0.2, 0.25) is 0 Å². The molecule has 1 aromatic heterocycles. The summed E-state index contributed by atoms with van der Waals surface area (Å²) < 4.78 is 11.7. The van der Waals surface area contributed by atoms with Gasteiger partial charge in [-0.2, -0.15) is 11.3 Å². The van der Waals surface area contributed by atoms with Crippen LogP contribution in [0.5, 0.6) is 0 Å². The minimum absolute atomic E-state index is 0.0191. The molecular weight excluding hydrogens is 270 g/mol. The molecule has 2 saturated heterocycles. The quantitative estimate of drug-likeness (QED) is 0.906. The molecule has 1 aromatic rings. The van der Waals surface area contributed by atoms with E-state index in [4.69, 9.17) is 9.47 Å². The van der Waals surface area contributed by atoms with Crippen molar-refractivity contribution in [3.05, 3.63) is 22.4 Å².